The molecule has 2 atom stereocenters. The van der Waals surface area contributed by atoms with Crippen molar-refractivity contribution >= 4 is 11.6 Å². The van der Waals surface area contributed by atoms with Crippen LogP contribution in [0.25, 0.3) is 0 Å². The Morgan fingerprint density at radius 2 is 1.72 bits per heavy atom. The molecule has 0 aliphatic carbocycles. The Morgan fingerprint density at radius 3 is 2.36 bits per heavy atom. The van der Waals surface area contributed by atoms with E-state index in [1.807, 2.05) is 68.4 Å². The van der Waals surface area contributed by atoms with Gasteiger partial charge in [0.25, 0.3) is 0 Å². The third-order valence-electron chi connectivity index (χ3n) is 4.93. The zero-order valence-electron chi connectivity index (χ0n) is 14.4. The molecular formula is C20H22N2O3. The Morgan fingerprint density at radius 1 is 1.08 bits per heavy atom. The SMILES string of the molecule is CC(C)C[C@H](C[N+](=O)[O-])[C@@]1(c2ccccc2)C(=O)Nc2ccccc21. The second-order valence-corrected chi connectivity index (χ2v) is 7.02. The number of carbonyl (C=O) groups excluding carboxylic acids is 1. The summed E-state index contributed by atoms with van der Waals surface area (Å²) in [4.78, 5) is 24.3. The normalized spacial score (nSPS) is 20.2. The lowest BCUT2D eigenvalue weighted by Crippen LogP contribution is -2.46. The monoisotopic (exact) mass is 338 g/mol. The number of benzene rings is 2. The van der Waals surface area contributed by atoms with Crippen molar-refractivity contribution in [2.45, 2.75) is 25.7 Å². The van der Waals surface area contributed by atoms with Gasteiger partial charge in [-0.05, 0) is 29.5 Å². The fraction of sp³-hybridized carbons (Fsp3) is 0.350. The molecule has 0 spiro atoms. The third kappa shape index (κ3) is 2.90. The molecule has 5 nitrogen and oxygen atoms in total. The van der Waals surface area contributed by atoms with Crippen LogP contribution in [-0.4, -0.2) is 17.4 Å². The summed E-state index contributed by atoms with van der Waals surface area (Å²) in [5, 5.41) is 14.4. The van der Waals surface area contributed by atoms with Crippen LogP contribution in [0, 0.1) is 22.0 Å². The molecule has 0 bridgehead atoms. The van der Waals surface area contributed by atoms with Gasteiger partial charge in [0.15, 0.2) is 0 Å². The van der Waals surface area contributed by atoms with E-state index in [4.69, 9.17) is 0 Å². The van der Waals surface area contributed by atoms with E-state index < -0.39 is 11.3 Å². The van der Waals surface area contributed by atoms with Gasteiger partial charge < -0.3 is 5.32 Å². The van der Waals surface area contributed by atoms with Crippen LogP contribution in [0.3, 0.4) is 0 Å². The number of nitro groups is 1. The van der Waals surface area contributed by atoms with Crippen molar-refractivity contribution in [3.63, 3.8) is 0 Å². The molecule has 0 saturated heterocycles. The lowest BCUT2D eigenvalue weighted by atomic mass is 9.64. The van der Waals surface area contributed by atoms with E-state index in [1.165, 1.54) is 0 Å². The predicted molar refractivity (Wildman–Crippen MR) is 97.1 cm³/mol. The molecule has 1 amide bonds. The van der Waals surface area contributed by atoms with Gasteiger partial charge in [-0.2, -0.15) is 0 Å². The number of hydrogen-bond donors (Lipinski definition) is 1. The number of nitrogens with one attached hydrogen (secondary N) is 1. The van der Waals surface area contributed by atoms with Gasteiger partial charge in [0.2, 0.25) is 12.5 Å². The Labute approximate surface area is 147 Å². The predicted octanol–water partition coefficient (Wildman–Crippen LogP) is 3.86. The number of amides is 1. The highest BCUT2D eigenvalue weighted by atomic mass is 16.6. The zero-order valence-corrected chi connectivity index (χ0v) is 14.4. The van der Waals surface area contributed by atoms with E-state index in [9.17, 15) is 14.9 Å². The van der Waals surface area contributed by atoms with E-state index in [-0.39, 0.29) is 23.3 Å². The van der Waals surface area contributed by atoms with Crippen molar-refractivity contribution in [1.82, 2.24) is 0 Å². The second kappa shape index (κ2) is 6.67. The number of carbonyl (C=O) groups is 1. The van der Waals surface area contributed by atoms with Gasteiger partial charge in [0.05, 0.1) is 0 Å². The maximum absolute atomic E-state index is 13.2. The van der Waals surface area contributed by atoms with Crippen LogP contribution in [0.15, 0.2) is 54.6 Å². The average Bonchev–Trinajstić information content (AvgIpc) is 2.87. The summed E-state index contributed by atoms with van der Waals surface area (Å²) in [7, 11) is 0. The fourth-order valence-corrected chi connectivity index (χ4v) is 4.05. The first kappa shape index (κ1) is 17.1. The highest BCUT2D eigenvalue weighted by Gasteiger charge is 2.55. The van der Waals surface area contributed by atoms with Gasteiger partial charge >= 0.3 is 0 Å². The first-order chi connectivity index (χ1) is 12.0. The molecule has 2 aromatic carbocycles. The van der Waals surface area contributed by atoms with Crippen LogP contribution in [0.5, 0.6) is 0 Å². The van der Waals surface area contributed by atoms with Gasteiger partial charge in [-0.3, -0.25) is 14.9 Å². The lowest BCUT2D eigenvalue weighted by Gasteiger charge is -2.35. The van der Waals surface area contributed by atoms with Gasteiger partial charge in [0.1, 0.15) is 5.41 Å². The van der Waals surface area contributed by atoms with Crippen LogP contribution in [-0.2, 0) is 10.2 Å². The summed E-state index contributed by atoms with van der Waals surface area (Å²) < 4.78 is 0. The van der Waals surface area contributed by atoms with E-state index in [1.54, 1.807) is 0 Å². The number of anilines is 1. The van der Waals surface area contributed by atoms with E-state index >= 15 is 0 Å². The van der Waals surface area contributed by atoms with Gasteiger partial charge in [-0.15, -0.1) is 0 Å². The van der Waals surface area contributed by atoms with Crippen LogP contribution < -0.4 is 5.32 Å². The van der Waals surface area contributed by atoms with Gasteiger partial charge in [-0.1, -0.05) is 62.4 Å². The van der Waals surface area contributed by atoms with Gasteiger partial charge in [0, 0.05) is 16.5 Å². The first-order valence-electron chi connectivity index (χ1n) is 8.54. The quantitative estimate of drug-likeness (QED) is 0.642. The molecule has 1 heterocycles. The number of rotatable bonds is 6. The smallest absolute Gasteiger partial charge is 0.240 e. The highest BCUT2D eigenvalue weighted by Crippen LogP contribution is 2.49. The van der Waals surface area contributed by atoms with Crippen LogP contribution >= 0.6 is 0 Å². The molecule has 130 valence electrons. The fourth-order valence-electron chi connectivity index (χ4n) is 4.05. The summed E-state index contributed by atoms with van der Waals surface area (Å²) in [5.41, 5.74) is 1.35. The largest absolute Gasteiger partial charge is 0.325 e. The Hall–Kier alpha value is -2.69. The summed E-state index contributed by atoms with van der Waals surface area (Å²) in [6.07, 6.45) is 0.595. The minimum atomic E-state index is -1.03. The maximum atomic E-state index is 13.2. The Bertz CT molecular complexity index is 789. The van der Waals surface area contributed by atoms with Crippen molar-refractivity contribution in [3.8, 4) is 0 Å². The molecule has 0 saturated carbocycles. The molecular weight excluding hydrogens is 316 g/mol. The molecule has 1 aliphatic rings. The summed E-state index contributed by atoms with van der Waals surface area (Å²) in [5.74, 6) is -0.355. The van der Waals surface area contributed by atoms with E-state index in [2.05, 4.69) is 5.32 Å². The zero-order chi connectivity index (χ0) is 18.0. The van der Waals surface area contributed by atoms with Crippen molar-refractivity contribution in [3.05, 3.63) is 75.8 Å². The molecule has 25 heavy (non-hydrogen) atoms. The van der Waals surface area contributed by atoms with Crippen molar-refractivity contribution in [2.75, 3.05) is 11.9 Å². The first-order valence-corrected chi connectivity index (χ1v) is 8.54. The molecule has 1 N–H and O–H groups in total. The van der Waals surface area contributed by atoms with Crippen molar-refractivity contribution in [1.29, 1.82) is 0 Å². The van der Waals surface area contributed by atoms with Crippen LogP contribution in [0.1, 0.15) is 31.4 Å². The standard InChI is InChI=1S/C20H22N2O3/c1-14(2)12-16(13-22(24)25)20(15-8-4-3-5-9-15)17-10-6-7-11-18(17)21-19(20)23/h3-11,14,16H,12-13H2,1-2H3,(H,21,23)/t16-,20-/m1/s1. The topological polar surface area (TPSA) is 72.2 Å². The number of para-hydroxylation sites is 1. The highest BCUT2D eigenvalue weighted by molar-refractivity contribution is 6.09. The molecule has 3 rings (SSSR count). The van der Waals surface area contributed by atoms with Gasteiger partial charge in [-0.25, -0.2) is 0 Å². The average molecular weight is 338 g/mol. The third-order valence-corrected chi connectivity index (χ3v) is 4.93. The summed E-state index contributed by atoms with van der Waals surface area (Å²) in [6.45, 7) is 3.82. The molecule has 0 fully saturated rings. The molecule has 0 unspecified atom stereocenters. The number of hydrogen-bond acceptors (Lipinski definition) is 3. The number of fused-ring (bicyclic) bond motifs is 1. The van der Waals surface area contributed by atoms with E-state index in [0.717, 1.165) is 16.8 Å². The molecule has 5 heteroatoms. The molecule has 2 aromatic rings. The van der Waals surface area contributed by atoms with Crippen molar-refractivity contribution < 1.29 is 9.72 Å². The minimum absolute atomic E-state index is 0.174. The Balaban J connectivity index is 2.26. The van der Waals surface area contributed by atoms with E-state index in [0.29, 0.717) is 6.42 Å². The summed E-state index contributed by atoms with van der Waals surface area (Å²) >= 11 is 0. The number of nitrogens with zero attached hydrogens (tertiary/aromatic N) is 1. The lowest BCUT2D eigenvalue weighted by molar-refractivity contribution is -0.490. The summed E-state index contributed by atoms with van der Waals surface area (Å²) in [6, 6.07) is 17.0. The second-order valence-electron chi connectivity index (χ2n) is 7.02. The Kier molecular flexibility index (Phi) is 4.57. The maximum Gasteiger partial charge on any atom is 0.240 e. The van der Waals surface area contributed by atoms with Crippen molar-refractivity contribution in [2.24, 2.45) is 11.8 Å². The molecule has 0 aromatic heterocycles. The van der Waals surface area contributed by atoms with Crippen LogP contribution in [0.2, 0.25) is 0 Å². The minimum Gasteiger partial charge on any atom is -0.325 e. The molecule has 1 aliphatic heterocycles. The molecule has 0 radical (unpaired) electrons. The van der Waals surface area contributed by atoms with Crippen LogP contribution in [0.4, 0.5) is 5.69 Å².